The average molecular weight is 359 g/mol. The van der Waals surface area contributed by atoms with E-state index in [1.54, 1.807) is 0 Å². The Kier molecular flexibility index (Phi) is 4.97. The summed E-state index contributed by atoms with van der Waals surface area (Å²) in [6.45, 7) is 8.69. The van der Waals surface area contributed by atoms with Crippen molar-refractivity contribution in [2.45, 2.75) is 19.9 Å². The van der Waals surface area contributed by atoms with Gasteiger partial charge in [0.2, 0.25) is 0 Å². The number of benzene rings is 2. The van der Waals surface area contributed by atoms with E-state index in [-0.39, 0.29) is 0 Å². The molecule has 22 heavy (non-hydrogen) atoms. The quantitative estimate of drug-likeness (QED) is 0.889. The Bertz CT molecular complexity index is 610. The van der Waals surface area contributed by atoms with E-state index >= 15 is 0 Å². The lowest BCUT2D eigenvalue weighted by Gasteiger charge is -2.36. The van der Waals surface area contributed by atoms with Crippen molar-refractivity contribution in [3.63, 3.8) is 0 Å². The molecule has 1 unspecified atom stereocenters. The first-order valence-corrected chi connectivity index (χ1v) is 8.71. The van der Waals surface area contributed by atoms with Gasteiger partial charge in [0.05, 0.1) is 6.04 Å². The molecular weight excluding hydrogens is 336 g/mol. The predicted molar refractivity (Wildman–Crippen MR) is 96.3 cm³/mol. The Morgan fingerprint density at radius 3 is 2.09 bits per heavy atom. The van der Waals surface area contributed by atoms with Crippen LogP contribution in [0.25, 0.3) is 0 Å². The van der Waals surface area contributed by atoms with Crippen molar-refractivity contribution in [1.82, 2.24) is 10.2 Å². The highest BCUT2D eigenvalue weighted by molar-refractivity contribution is 9.10. The third-order valence-corrected chi connectivity index (χ3v) is 4.79. The van der Waals surface area contributed by atoms with Crippen LogP contribution >= 0.6 is 15.9 Å². The first-order valence-electron chi connectivity index (χ1n) is 7.92. The van der Waals surface area contributed by atoms with Gasteiger partial charge in [-0.05, 0) is 37.1 Å². The molecule has 1 atom stereocenters. The molecule has 0 amide bonds. The van der Waals surface area contributed by atoms with Crippen LogP contribution in [0.4, 0.5) is 0 Å². The fourth-order valence-electron chi connectivity index (χ4n) is 3.37. The highest BCUT2D eigenvalue weighted by Gasteiger charge is 2.24. The van der Waals surface area contributed by atoms with Gasteiger partial charge in [-0.15, -0.1) is 0 Å². The Morgan fingerprint density at radius 2 is 1.50 bits per heavy atom. The zero-order valence-corrected chi connectivity index (χ0v) is 14.9. The van der Waals surface area contributed by atoms with Gasteiger partial charge in [-0.2, -0.15) is 0 Å². The van der Waals surface area contributed by atoms with Gasteiger partial charge < -0.3 is 5.32 Å². The predicted octanol–water partition coefficient (Wildman–Crippen LogP) is 4.06. The standard InChI is InChI=1S/C19H23BrN2/c1-14-11-15(2)13-17(12-14)19(22-9-7-21-8-10-22)16-3-5-18(20)6-4-16/h3-6,11-13,19,21H,7-10H2,1-2H3. The van der Waals surface area contributed by atoms with E-state index in [4.69, 9.17) is 0 Å². The summed E-state index contributed by atoms with van der Waals surface area (Å²) in [5.41, 5.74) is 5.45. The minimum absolute atomic E-state index is 0.341. The summed E-state index contributed by atoms with van der Waals surface area (Å²) in [7, 11) is 0. The van der Waals surface area contributed by atoms with E-state index in [1.807, 2.05) is 0 Å². The molecule has 3 heteroatoms. The number of halogens is 1. The van der Waals surface area contributed by atoms with Crippen molar-refractivity contribution in [1.29, 1.82) is 0 Å². The van der Waals surface area contributed by atoms with Crippen LogP contribution < -0.4 is 5.32 Å². The molecule has 1 saturated heterocycles. The van der Waals surface area contributed by atoms with Crippen LogP contribution in [0, 0.1) is 13.8 Å². The van der Waals surface area contributed by atoms with Gasteiger partial charge in [0.1, 0.15) is 0 Å². The van der Waals surface area contributed by atoms with Crippen LogP contribution in [-0.2, 0) is 0 Å². The molecule has 0 spiro atoms. The summed E-state index contributed by atoms with van der Waals surface area (Å²) in [6, 6.07) is 16.0. The Morgan fingerprint density at radius 1 is 0.909 bits per heavy atom. The first kappa shape index (κ1) is 15.7. The Labute approximate surface area is 141 Å². The summed E-state index contributed by atoms with van der Waals surface area (Å²) < 4.78 is 1.13. The minimum atomic E-state index is 0.341. The Balaban J connectivity index is 2.03. The van der Waals surface area contributed by atoms with Crippen molar-refractivity contribution in [3.8, 4) is 0 Å². The van der Waals surface area contributed by atoms with Gasteiger partial charge in [0, 0.05) is 30.7 Å². The van der Waals surface area contributed by atoms with E-state index in [0.717, 1.165) is 30.7 Å². The van der Waals surface area contributed by atoms with Crippen molar-refractivity contribution in [2.75, 3.05) is 26.2 Å². The monoisotopic (exact) mass is 358 g/mol. The fourth-order valence-corrected chi connectivity index (χ4v) is 3.63. The molecule has 0 radical (unpaired) electrons. The second-order valence-electron chi connectivity index (χ2n) is 6.16. The van der Waals surface area contributed by atoms with E-state index < -0.39 is 0 Å². The van der Waals surface area contributed by atoms with Crippen LogP contribution in [0.1, 0.15) is 28.3 Å². The lowest BCUT2D eigenvalue weighted by atomic mass is 9.94. The second-order valence-corrected chi connectivity index (χ2v) is 7.08. The van der Waals surface area contributed by atoms with E-state index in [9.17, 15) is 0 Å². The lowest BCUT2D eigenvalue weighted by molar-refractivity contribution is 0.198. The zero-order chi connectivity index (χ0) is 15.5. The maximum atomic E-state index is 3.55. The summed E-state index contributed by atoms with van der Waals surface area (Å²) in [5.74, 6) is 0. The van der Waals surface area contributed by atoms with Crippen molar-refractivity contribution >= 4 is 15.9 Å². The summed E-state index contributed by atoms with van der Waals surface area (Å²) in [5, 5.41) is 3.46. The second kappa shape index (κ2) is 6.95. The molecule has 3 rings (SSSR count). The largest absolute Gasteiger partial charge is 0.314 e. The summed E-state index contributed by atoms with van der Waals surface area (Å²) >= 11 is 3.55. The van der Waals surface area contributed by atoms with Gasteiger partial charge in [-0.3, -0.25) is 4.90 Å². The molecule has 1 fully saturated rings. The number of nitrogens with zero attached hydrogens (tertiary/aromatic N) is 1. The van der Waals surface area contributed by atoms with Gasteiger partial charge in [-0.25, -0.2) is 0 Å². The smallest absolute Gasteiger partial charge is 0.0602 e. The zero-order valence-electron chi connectivity index (χ0n) is 13.3. The van der Waals surface area contributed by atoms with Gasteiger partial charge >= 0.3 is 0 Å². The van der Waals surface area contributed by atoms with E-state index in [1.165, 1.54) is 22.3 Å². The molecule has 1 N–H and O–H groups in total. The van der Waals surface area contributed by atoms with Gasteiger partial charge in [0.15, 0.2) is 0 Å². The molecule has 0 aliphatic carbocycles. The SMILES string of the molecule is Cc1cc(C)cc(C(c2ccc(Br)cc2)N2CCNCC2)c1. The van der Waals surface area contributed by atoms with Gasteiger partial charge in [-0.1, -0.05) is 57.4 Å². The summed E-state index contributed by atoms with van der Waals surface area (Å²) in [4.78, 5) is 2.59. The highest BCUT2D eigenvalue weighted by Crippen LogP contribution is 2.31. The Hall–Kier alpha value is -1.16. The molecule has 1 aliphatic heterocycles. The van der Waals surface area contributed by atoms with Crippen LogP contribution in [-0.4, -0.2) is 31.1 Å². The molecule has 1 aliphatic rings. The van der Waals surface area contributed by atoms with Crippen molar-refractivity contribution in [3.05, 3.63) is 69.2 Å². The molecule has 0 aromatic heterocycles. The van der Waals surface area contributed by atoms with Crippen molar-refractivity contribution < 1.29 is 0 Å². The number of hydrogen-bond acceptors (Lipinski definition) is 2. The molecule has 0 saturated carbocycles. The number of piperazine rings is 1. The maximum absolute atomic E-state index is 3.55. The highest BCUT2D eigenvalue weighted by atomic mass is 79.9. The maximum Gasteiger partial charge on any atom is 0.0602 e. The lowest BCUT2D eigenvalue weighted by Crippen LogP contribution is -2.45. The topological polar surface area (TPSA) is 15.3 Å². The fraction of sp³-hybridized carbons (Fsp3) is 0.368. The number of aryl methyl sites for hydroxylation is 2. The normalized spacial score (nSPS) is 17.4. The number of nitrogens with one attached hydrogen (secondary N) is 1. The molecule has 2 aromatic rings. The number of rotatable bonds is 3. The van der Waals surface area contributed by atoms with Crippen LogP contribution in [0.3, 0.4) is 0 Å². The number of hydrogen-bond donors (Lipinski definition) is 1. The van der Waals surface area contributed by atoms with Gasteiger partial charge in [0.25, 0.3) is 0 Å². The molecule has 116 valence electrons. The third kappa shape index (κ3) is 3.60. The van der Waals surface area contributed by atoms with Crippen LogP contribution in [0.5, 0.6) is 0 Å². The molecule has 0 bridgehead atoms. The molecule has 2 nitrogen and oxygen atoms in total. The third-order valence-electron chi connectivity index (χ3n) is 4.26. The first-order chi connectivity index (χ1) is 10.6. The van der Waals surface area contributed by atoms with Crippen molar-refractivity contribution in [2.24, 2.45) is 0 Å². The van der Waals surface area contributed by atoms with E-state index in [2.05, 4.69) is 82.5 Å². The average Bonchev–Trinajstić information content (AvgIpc) is 2.50. The molecular formula is C19H23BrN2. The summed E-state index contributed by atoms with van der Waals surface area (Å²) in [6.07, 6.45) is 0. The molecule has 2 aromatic carbocycles. The van der Waals surface area contributed by atoms with Crippen LogP contribution in [0.15, 0.2) is 46.9 Å². The van der Waals surface area contributed by atoms with Crippen LogP contribution in [0.2, 0.25) is 0 Å². The van der Waals surface area contributed by atoms with E-state index in [0.29, 0.717) is 6.04 Å². The molecule has 1 heterocycles. The minimum Gasteiger partial charge on any atom is -0.314 e.